The summed E-state index contributed by atoms with van der Waals surface area (Å²) in [5.74, 6) is 2.35. The van der Waals surface area contributed by atoms with Crippen LogP contribution < -0.4 is 0 Å². The molecule has 0 bridgehead atoms. The van der Waals surface area contributed by atoms with Gasteiger partial charge in [0.05, 0.1) is 12.2 Å². The Labute approximate surface area is 94.0 Å². The number of isocyanates is 1. The third-order valence-corrected chi connectivity index (χ3v) is 2.14. The van der Waals surface area contributed by atoms with E-state index in [0.717, 1.165) is 12.8 Å². The molecule has 1 unspecified atom stereocenters. The Morgan fingerprint density at radius 3 is 2.94 bits per heavy atom. The second-order valence-electron chi connectivity index (χ2n) is 3.33. The van der Waals surface area contributed by atoms with Gasteiger partial charge in [-0.15, -0.1) is 0 Å². The molecular formula is C12H13NO3. The molecule has 0 saturated heterocycles. The summed E-state index contributed by atoms with van der Waals surface area (Å²) < 4.78 is 5.42. The molecule has 4 heteroatoms. The molecular weight excluding hydrogens is 206 g/mol. The minimum absolute atomic E-state index is 0.289. The minimum Gasteiger partial charge on any atom is -0.494 e. The number of allylic oxidation sites excluding steroid dienone is 1. The average Bonchev–Trinajstić information content (AvgIpc) is 2.31. The van der Waals surface area contributed by atoms with E-state index in [1.807, 2.05) is 0 Å². The van der Waals surface area contributed by atoms with Crippen molar-refractivity contribution in [2.75, 3.05) is 6.61 Å². The highest BCUT2D eigenvalue weighted by Gasteiger charge is 2.14. The van der Waals surface area contributed by atoms with E-state index in [1.54, 1.807) is 24.2 Å². The number of rotatable bonds is 5. The molecule has 0 saturated carbocycles. The van der Waals surface area contributed by atoms with E-state index < -0.39 is 6.04 Å². The number of hydrogen-bond acceptors (Lipinski definition) is 4. The Kier molecular flexibility index (Phi) is 5.00. The summed E-state index contributed by atoms with van der Waals surface area (Å²) in [6, 6.07) is -0.575. The van der Waals surface area contributed by atoms with Gasteiger partial charge in [-0.25, -0.2) is 9.59 Å². The predicted octanol–water partition coefficient (Wildman–Crippen LogP) is 1.72. The standard InChI is InChI=1S/C12H13NO3/c1-2-3-6-16-11-4-5-12(13-9-15)10(7-11)8-14/h4-5,7,12H,2-3,6H2,1H3. The lowest BCUT2D eigenvalue weighted by Crippen LogP contribution is -2.09. The molecule has 84 valence electrons. The molecule has 0 spiro atoms. The van der Waals surface area contributed by atoms with Crippen molar-refractivity contribution >= 4 is 12.0 Å². The summed E-state index contributed by atoms with van der Waals surface area (Å²) in [5, 5.41) is 0. The molecule has 16 heavy (non-hydrogen) atoms. The third kappa shape index (κ3) is 3.35. The normalized spacial score (nSPS) is 18.4. The van der Waals surface area contributed by atoms with Crippen LogP contribution in [0.2, 0.25) is 0 Å². The molecule has 4 nitrogen and oxygen atoms in total. The molecule has 0 aliphatic heterocycles. The van der Waals surface area contributed by atoms with E-state index in [4.69, 9.17) is 4.74 Å². The van der Waals surface area contributed by atoms with Crippen molar-refractivity contribution in [1.82, 2.24) is 0 Å². The van der Waals surface area contributed by atoms with Crippen molar-refractivity contribution in [2.24, 2.45) is 4.99 Å². The molecule has 1 aliphatic carbocycles. The van der Waals surface area contributed by atoms with E-state index in [2.05, 4.69) is 11.9 Å². The van der Waals surface area contributed by atoms with Gasteiger partial charge in [-0.2, -0.15) is 4.99 Å². The fourth-order valence-corrected chi connectivity index (χ4v) is 1.26. The Hall–Kier alpha value is -1.89. The van der Waals surface area contributed by atoms with Gasteiger partial charge in [0.15, 0.2) is 0 Å². The molecule has 1 rings (SSSR count). The number of ether oxygens (including phenoxy) is 1. The lowest BCUT2D eigenvalue weighted by molar-refractivity contribution is 0.218. The number of carbonyl (C=O) groups excluding carboxylic acids is 2. The van der Waals surface area contributed by atoms with Gasteiger partial charge in [-0.1, -0.05) is 19.4 Å². The summed E-state index contributed by atoms with van der Waals surface area (Å²) in [4.78, 5) is 24.2. The van der Waals surface area contributed by atoms with Gasteiger partial charge in [0, 0.05) is 0 Å². The highest BCUT2D eigenvalue weighted by atomic mass is 16.5. The van der Waals surface area contributed by atoms with Gasteiger partial charge in [-0.3, -0.25) is 0 Å². The summed E-state index contributed by atoms with van der Waals surface area (Å²) in [7, 11) is 0. The first-order valence-electron chi connectivity index (χ1n) is 5.16. The van der Waals surface area contributed by atoms with Crippen LogP contribution in [0, 0.1) is 0 Å². The number of nitrogens with zero attached hydrogens (tertiary/aromatic N) is 1. The van der Waals surface area contributed by atoms with Crippen LogP contribution in [0.15, 0.2) is 34.6 Å². The van der Waals surface area contributed by atoms with Crippen LogP contribution in [0.5, 0.6) is 0 Å². The molecule has 0 N–H and O–H groups in total. The van der Waals surface area contributed by atoms with Crippen LogP contribution in [0.4, 0.5) is 0 Å². The Bertz CT molecular complexity index is 396. The molecule has 0 heterocycles. The summed E-state index contributed by atoms with van der Waals surface area (Å²) >= 11 is 0. The smallest absolute Gasteiger partial charge is 0.235 e. The number of aliphatic imine (C=N–C) groups is 1. The van der Waals surface area contributed by atoms with Crippen LogP contribution in [0.1, 0.15) is 19.8 Å². The number of hydrogen-bond donors (Lipinski definition) is 0. The summed E-state index contributed by atoms with van der Waals surface area (Å²) in [6.45, 7) is 2.68. The lowest BCUT2D eigenvalue weighted by Gasteiger charge is -2.13. The largest absolute Gasteiger partial charge is 0.494 e. The van der Waals surface area contributed by atoms with Crippen molar-refractivity contribution in [2.45, 2.75) is 25.8 Å². The first kappa shape index (κ1) is 12.2. The van der Waals surface area contributed by atoms with Gasteiger partial charge >= 0.3 is 0 Å². The van der Waals surface area contributed by atoms with Crippen LogP contribution >= 0.6 is 0 Å². The molecule has 0 radical (unpaired) electrons. The van der Waals surface area contributed by atoms with E-state index in [1.165, 1.54) is 6.08 Å². The summed E-state index contributed by atoms with van der Waals surface area (Å²) in [6.07, 6.45) is 8.29. The van der Waals surface area contributed by atoms with Crippen molar-refractivity contribution in [3.8, 4) is 0 Å². The van der Waals surface area contributed by atoms with Gasteiger partial charge in [0.2, 0.25) is 6.08 Å². The minimum atomic E-state index is -0.575. The SMILES string of the molecule is CCCCOC1=CC(=C=O)C(N=C=O)C=C1. The molecule has 0 fully saturated rings. The molecule has 0 aromatic rings. The zero-order chi connectivity index (χ0) is 11.8. The fourth-order valence-electron chi connectivity index (χ4n) is 1.26. The van der Waals surface area contributed by atoms with E-state index in [-0.39, 0.29) is 5.57 Å². The predicted molar refractivity (Wildman–Crippen MR) is 59.2 cm³/mol. The zero-order valence-corrected chi connectivity index (χ0v) is 9.10. The van der Waals surface area contributed by atoms with Crippen LogP contribution in [0.3, 0.4) is 0 Å². The van der Waals surface area contributed by atoms with Crippen LogP contribution in [0.25, 0.3) is 0 Å². The van der Waals surface area contributed by atoms with Crippen molar-refractivity contribution in [3.05, 3.63) is 29.6 Å². The van der Waals surface area contributed by atoms with Crippen LogP contribution in [-0.2, 0) is 14.3 Å². The second kappa shape index (κ2) is 6.57. The van der Waals surface area contributed by atoms with Crippen LogP contribution in [-0.4, -0.2) is 24.7 Å². The highest BCUT2D eigenvalue weighted by Crippen LogP contribution is 2.17. The van der Waals surface area contributed by atoms with Crippen molar-refractivity contribution < 1.29 is 14.3 Å². The van der Waals surface area contributed by atoms with Gasteiger partial charge in [0.25, 0.3) is 0 Å². The first-order valence-corrected chi connectivity index (χ1v) is 5.16. The molecule has 0 aromatic carbocycles. The van der Waals surface area contributed by atoms with E-state index in [0.29, 0.717) is 12.4 Å². The topological polar surface area (TPSA) is 55.7 Å². The van der Waals surface area contributed by atoms with Gasteiger partial charge in [-0.05, 0) is 18.6 Å². The van der Waals surface area contributed by atoms with E-state index in [9.17, 15) is 9.59 Å². The average molecular weight is 219 g/mol. The molecule has 1 aliphatic rings. The third-order valence-electron chi connectivity index (χ3n) is 2.14. The summed E-state index contributed by atoms with van der Waals surface area (Å²) in [5.41, 5.74) is 0.289. The quantitative estimate of drug-likeness (QED) is 0.306. The first-order chi connectivity index (χ1) is 7.81. The Balaban J connectivity index is 2.68. The second-order valence-corrected chi connectivity index (χ2v) is 3.33. The van der Waals surface area contributed by atoms with Crippen molar-refractivity contribution in [3.63, 3.8) is 0 Å². The number of unbranched alkanes of at least 4 members (excludes halogenated alkanes) is 1. The highest BCUT2D eigenvalue weighted by molar-refractivity contribution is 5.63. The molecule has 0 amide bonds. The van der Waals surface area contributed by atoms with Crippen molar-refractivity contribution in [1.29, 1.82) is 0 Å². The lowest BCUT2D eigenvalue weighted by atomic mass is 10.0. The Morgan fingerprint density at radius 1 is 1.50 bits per heavy atom. The Morgan fingerprint density at radius 2 is 2.31 bits per heavy atom. The van der Waals surface area contributed by atoms with Gasteiger partial charge < -0.3 is 4.74 Å². The van der Waals surface area contributed by atoms with E-state index >= 15 is 0 Å². The zero-order valence-electron chi connectivity index (χ0n) is 9.10. The fraction of sp³-hybridized carbons (Fsp3) is 0.417. The monoisotopic (exact) mass is 219 g/mol. The maximum atomic E-state index is 10.6. The molecule has 0 aromatic heterocycles. The maximum Gasteiger partial charge on any atom is 0.235 e. The maximum absolute atomic E-state index is 10.6. The molecule has 1 atom stereocenters. The van der Waals surface area contributed by atoms with Gasteiger partial charge in [0.1, 0.15) is 17.7 Å².